The van der Waals surface area contributed by atoms with Gasteiger partial charge in [-0.05, 0) is 37.6 Å². The van der Waals surface area contributed by atoms with Crippen LogP contribution in [0.15, 0.2) is 36.4 Å². The number of rotatable bonds is 6. The first-order valence-corrected chi connectivity index (χ1v) is 10.1. The molecule has 1 aromatic heterocycles. The summed E-state index contributed by atoms with van der Waals surface area (Å²) in [5.41, 5.74) is 3.30. The van der Waals surface area contributed by atoms with Crippen molar-refractivity contribution in [1.29, 1.82) is 5.26 Å². The molecule has 0 amide bonds. The van der Waals surface area contributed by atoms with Gasteiger partial charge in [-0.15, -0.1) is 0 Å². The second kappa shape index (κ2) is 8.04. The Labute approximate surface area is 183 Å². The van der Waals surface area contributed by atoms with Crippen LogP contribution in [-0.2, 0) is 0 Å². The highest BCUT2D eigenvalue weighted by Gasteiger charge is 2.45. The van der Waals surface area contributed by atoms with Crippen LogP contribution in [0.2, 0.25) is 0 Å². The Morgan fingerprint density at radius 1 is 1.28 bits per heavy atom. The van der Waals surface area contributed by atoms with Crippen molar-refractivity contribution in [3.8, 4) is 6.07 Å². The molecule has 0 radical (unpaired) electrons. The fraction of sp³-hybridized carbons (Fsp3) is 0.304. The van der Waals surface area contributed by atoms with Crippen LogP contribution in [0.4, 0.5) is 20.3 Å². The Morgan fingerprint density at radius 2 is 2.00 bits per heavy atom. The molecule has 7 nitrogen and oxygen atoms in total. The SMILES string of the molecule is Cc1cc([C@@H](C)Nc2ccccc2C(=O)O)c2nc(NC3CC(F)(F)C3)c(C#N)nc2c1. The predicted octanol–water partition coefficient (Wildman–Crippen LogP) is 4.89. The lowest BCUT2D eigenvalue weighted by Crippen LogP contribution is -2.44. The summed E-state index contributed by atoms with van der Waals surface area (Å²) in [6.07, 6.45) is -0.634. The molecule has 3 aromatic rings. The number of aromatic nitrogens is 2. The molecule has 164 valence electrons. The van der Waals surface area contributed by atoms with E-state index in [1.54, 1.807) is 24.3 Å². The number of anilines is 2. The van der Waals surface area contributed by atoms with E-state index in [9.17, 15) is 23.9 Å². The van der Waals surface area contributed by atoms with Gasteiger partial charge in [0.05, 0.1) is 22.6 Å². The average Bonchev–Trinajstić information content (AvgIpc) is 2.71. The van der Waals surface area contributed by atoms with Gasteiger partial charge in [0.15, 0.2) is 11.5 Å². The van der Waals surface area contributed by atoms with Crippen LogP contribution >= 0.6 is 0 Å². The van der Waals surface area contributed by atoms with E-state index >= 15 is 0 Å². The van der Waals surface area contributed by atoms with Crippen LogP contribution in [0.3, 0.4) is 0 Å². The predicted molar refractivity (Wildman–Crippen MR) is 116 cm³/mol. The number of alkyl halides is 2. The second-order valence-electron chi connectivity index (χ2n) is 8.08. The lowest BCUT2D eigenvalue weighted by atomic mass is 9.88. The van der Waals surface area contributed by atoms with E-state index in [1.165, 1.54) is 6.07 Å². The van der Waals surface area contributed by atoms with E-state index < -0.39 is 17.9 Å². The molecule has 4 rings (SSSR count). The lowest BCUT2D eigenvalue weighted by molar-refractivity contribution is -0.0794. The van der Waals surface area contributed by atoms with Crippen molar-refractivity contribution in [1.82, 2.24) is 9.97 Å². The van der Waals surface area contributed by atoms with Crippen molar-refractivity contribution in [2.24, 2.45) is 0 Å². The molecule has 0 unspecified atom stereocenters. The van der Waals surface area contributed by atoms with Gasteiger partial charge in [-0.2, -0.15) is 5.26 Å². The maximum Gasteiger partial charge on any atom is 0.337 e. The molecular formula is C23H21F2N5O2. The van der Waals surface area contributed by atoms with Gasteiger partial charge < -0.3 is 15.7 Å². The minimum Gasteiger partial charge on any atom is -0.478 e. The summed E-state index contributed by atoms with van der Waals surface area (Å²) in [5, 5.41) is 25.1. The quantitative estimate of drug-likeness (QED) is 0.503. The summed E-state index contributed by atoms with van der Waals surface area (Å²) in [6, 6.07) is 11.5. The second-order valence-corrected chi connectivity index (χ2v) is 8.08. The van der Waals surface area contributed by atoms with Crippen molar-refractivity contribution in [2.75, 3.05) is 10.6 Å². The number of nitrogens with zero attached hydrogens (tertiary/aromatic N) is 3. The Bertz CT molecular complexity index is 1250. The molecule has 32 heavy (non-hydrogen) atoms. The molecule has 9 heteroatoms. The van der Waals surface area contributed by atoms with E-state index in [4.69, 9.17) is 0 Å². The van der Waals surface area contributed by atoms with Crippen molar-refractivity contribution in [3.63, 3.8) is 0 Å². The molecule has 3 N–H and O–H groups in total. The molecule has 1 aliphatic carbocycles. The van der Waals surface area contributed by atoms with Crippen LogP contribution in [-0.4, -0.2) is 33.0 Å². The molecule has 0 saturated heterocycles. The van der Waals surface area contributed by atoms with Crippen molar-refractivity contribution in [3.05, 3.63) is 58.8 Å². The monoisotopic (exact) mass is 437 g/mol. The van der Waals surface area contributed by atoms with Crippen LogP contribution in [0, 0.1) is 18.3 Å². The Morgan fingerprint density at radius 3 is 2.66 bits per heavy atom. The third-order valence-corrected chi connectivity index (χ3v) is 5.48. The lowest BCUT2D eigenvalue weighted by Gasteiger charge is -2.35. The highest BCUT2D eigenvalue weighted by Crippen LogP contribution is 2.39. The van der Waals surface area contributed by atoms with E-state index in [2.05, 4.69) is 20.6 Å². The summed E-state index contributed by atoms with van der Waals surface area (Å²) in [7, 11) is 0. The number of halogens is 2. The third-order valence-electron chi connectivity index (χ3n) is 5.48. The summed E-state index contributed by atoms with van der Waals surface area (Å²) in [4.78, 5) is 20.5. The number of para-hydroxylation sites is 1. The number of hydrogen-bond acceptors (Lipinski definition) is 6. The van der Waals surface area contributed by atoms with Gasteiger partial charge >= 0.3 is 5.97 Å². The number of carbonyl (C=O) groups is 1. The number of aromatic carboxylic acids is 1. The van der Waals surface area contributed by atoms with Crippen LogP contribution in [0.5, 0.6) is 0 Å². The zero-order valence-electron chi connectivity index (χ0n) is 17.5. The maximum absolute atomic E-state index is 13.2. The van der Waals surface area contributed by atoms with Gasteiger partial charge in [0, 0.05) is 30.1 Å². The number of carboxylic acid groups (broad SMARTS) is 1. The van der Waals surface area contributed by atoms with E-state index in [0.29, 0.717) is 16.7 Å². The number of benzene rings is 2. The largest absolute Gasteiger partial charge is 0.478 e. The number of carboxylic acids is 1. The fourth-order valence-electron chi connectivity index (χ4n) is 3.90. The van der Waals surface area contributed by atoms with Crippen molar-refractivity contribution in [2.45, 2.75) is 44.7 Å². The number of nitriles is 1. The smallest absolute Gasteiger partial charge is 0.337 e. The minimum atomic E-state index is -2.70. The van der Waals surface area contributed by atoms with Gasteiger partial charge in [-0.3, -0.25) is 0 Å². The molecule has 1 heterocycles. The van der Waals surface area contributed by atoms with Crippen molar-refractivity contribution < 1.29 is 18.7 Å². The molecule has 1 saturated carbocycles. The normalized spacial score (nSPS) is 16.1. The van der Waals surface area contributed by atoms with Crippen LogP contribution in [0.25, 0.3) is 11.0 Å². The highest BCUT2D eigenvalue weighted by atomic mass is 19.3. The Balaban J connectivity index is 1.73. The summed E-state index contributed by atoms with van der Waals surface area (Å²) in [6.45, 7) is 3.75. The molecule has 1 atom stereocenters. The Hall–Kier alpha value is -3.80. The highest BCUT2D eigenvalue weighted by molar-refractivity contribution is 5.94. The first-order valence-electron chi connectivity index (χ1n) is 10.1. The summed E-state index contributed by atoms with van der Waals surface area (Å²) < 4.78 is 26.5. The number of fused-ring (bicyclic) bond motifs is 1. The summed E-state index contributed by atoms with van der Waals surface area (Å²) in [5.74, 6) is -3.58. The first-order chi connectivity index (χ1) is 15.2. The molecule has 1 fully saturated rings. The molecule has 2 aromatic carbocycles. The first kappa shape index (κ1) is 21.4. The zero-order valence-corrected chi connectivity index (χ0v) is 17.5. The topological polar surface area (TPSA) is 111 Å². The van der Waals surface area contributed by atoms with Crippen LogP contribution in [0.1, 0.15) is 53.0 Å². The average molecular weight is 437 g/mol. The molecule has 0 spiro atoms. The van der Waals surface area contributed by atoms with E-state index in [0.717, 1.165) is 11.1 Å². The summed E-state index contributed by atoms with van der Waals surface area (Å²) >= 11 is 0. The van der Waals surface area contributed by atoms with Gasteiger partial charge in [-0.1, -0.05) is 18.2 Å². The number of hydrogen-bond donors (Lipinski definition) is 3. The maximum atomic E-state index is 13.2. The minimum absolute atomic E-state index is 0.0427. The molecule has 1 aliphatic rings. The zero-order chi connectivity index (χ0) is 23.0. The van der Waals surface area contributed by atoms with E-state index in [-0.39, 0.29) is 36.0 Å². The molecule has 0 bridgehead atoms. The van der Waals surface area contributed by atoms with Crippen LogP contribution < -0.4 is 10.6 Å². The van der Waals surface area contributed by atoms with Gasteiger partial charge in [0.2, 0.25) is 0 Å². The number of nitrogens with one attached hydrogen (secondary N) is 2. The standard InChI is InChI=1S/C23H21F2N5O2/c1-12-7-16(13(2)27-17-6-4-3-5-15(17)22(31)32)20-18(8-12)29-19(11-26)21(30-20)28-14-9-23(24,25)10-14/h3-8,13-14,27H,9-10H2,1-2H3,(H,28,30)(H,31,32)/t13-/m1/s1. The van der Waals surface area contributed by atoms with Crippen molar-refractivity contribution >= 4 is 28.5 Å². The van der Waals surface area contributed by atoms with E-state index in [1.807, 2.05) is 26.0 Å². The third kappa shape index (κ3) is 4.17. The molecular weight excluding hydrogens is 416 g/mol. The van der Waals surface area contributed by atoms with Gasteiger partial charge in [0.1, 0.15) is 6.07 Å². The van der Waals surface area contributed by atoms with Gasteiger partial charge in [0.25, 0.3) is 5.92 Å². The Kier molecular flexibility index (Phi) is 5.38. The van der Waals surface area contributed by atoms with Gasteiger partial charge in [-0.25, -0.2) is 23.5 Å². The fourth-order valence-corrected chi connectivity index (χ4v) is 3.90. The number of aryl methyl sites for hydroxylation is 1. The molecule has 0 aliphatic heterocycles.